The lowest BCUT2D eigenvalue weighted by Gasteiger charge is -2.20. The number of carboxylic acid groups (broad SMARTS) is 1. The van der Waals surface area contributed by atoms with Crippen LogP contribution in [0.3, 0.4) is 0 Å². The Kier molecular flexibility index (Phi) is 8.22. The summed E-state index contributed by atoms with van der Waals surface area (Å²) in [5, 5.41) is 8.54. The molecule has 0 saturated carbocycles. The largest absolute Gasteiger partial charge is 0.478 e. The van der Waals surface area contributed by atoms with Gasteiger partial charge in [-0.2, -0.15) is 0 Å². The normalized spacial score (nSPS) is 13.0. The van der Waals surface area contributed by atoms with E-state index in [4.69, 9.17) is 43.1 Å². The van der Waals surface area contributed by atoms with Gasteiger partial charge >= 0.3 is 17.9 Å². The topological polar surface area (TPSA) is 63.6 Å². The van der Waals surface area contributed by atoms with E-state index in [2.05, 4.69) is 0 Å². The first-order valence-corrected chi connectivity index (χ1v) is 12.3. The Hall–Kier alpha value is -1.08. The van der Waals surface area contributed by atoms with Gasteiger partial charge in [-0.25, -0.2) is 9.18 Å². The van der Waals surface area contributed by atoms with Crippen molar-refractivity contribution in [2.45, 2.75) is 31.7 Å². The van der Waals surface area contributed by atoms with Crippen molar-refractivity contribution >= 4 is 57.3 Å². The minimum Gasteiger partial charge on any atom is -0.478 e. The number of aliphatic carboxylic acids is 1. The van der Waals surface area contributed by atoms with Gasteiger partial charge in [0.25, 0.3) is 0 Å². The number of esters is 1. The Bertz CT molecular complexity index is 632. The number of halogens is 4. The van der Waals surface area contributed by atoms with Crippen molar-refractivity contribution in [3.8, 4) is 5.75 Å². The Morgan fingerprint density at radius 2 is 2.04 bits per heavy atom. The van der Waals surface area contributed by atoms with Gasteiger partial charge in [0, 0.05) is 6.08 Å². The third-order valence-electron chi connectivity index (χ3n) is 3.11. The quantitative estimate of drug-likeness (QED) is 0.213. The molecule has 1 atom stereocenters. The summed E-state index contributed by atoms with van der Waals surface area (Å²) >= 11 is 17.8. The highest BCUT2D eigenvalue weighted by molar-refractivity contribution is 7.65. The summed E-state index contributed by atoms with van der Waals surface area (Å²) in [7, 11) is 0. The zero-order chi connectivity index (χ0) is 18.3. The van der Waals surface area contributed by atoms with E-state index in [9.17, 15) is 14.0 Å². The van der Waals surface area contributed by atoms with Gasteiger partial charge in [-0.3, -0.25) is 4.79 Å². The highest BCUT2D eigenvalue weighted by atomic mass is 35.8. The highest BCUT2D eigenvalue weighted by Gasteiger charge is 2.43. The molecule has 1 aromatic rings. The molecule has 132 valence electrons. The molecule has 9 heteroatoms. The lowest BCUT2D eigenvalue weighted by Crippen LogP contribution is -2.30. The van der Waals surface area contributed by atoms with Gasteiger partial charge in [-0.15, -0.1) is 33.2 Å². The number of carbonyl (C=O) groups excluding carboxylic acids is 1. The summed E-state index contributed by atoms with van der Waals surface area (Å²) in [6.07, 6.45) is 3.95. The first kappa shape index (κ1) is 21.0. The summed E-state index contributed by atoms with van der Waals surface area (Å²) in [5.41, 5.74) is -0.568. The van der Waals surface area contributed by atoms with E-state index < -0.39 is 29.3 Å². The van der Waals surface area contributed by atoms with Crippen LogP contribution in [0.1, 0.15) is 31.7 Å². The fraction of sp³-hybridized carbons (Fsp3) is 0.333. The zero-order valence-electron chi connectivity index (χ0n) is 12.8. The minimum atomic E-state index is -3.35. The molecule has 0 radical (unpaired) electrons. The molecule has 0 heterocycles. The van der Waals surface area contributed by atoms with Crippen molar-refractivity contribution in [1.82, 2.24) is 0 Å². The molecule has 0 fully saturated rings. The monoisotopic (exact) mass is 412 g/mol. The molecule has 0 bridgehead atoms. The van der Waals surface area contributed by atoms with Gasteiger partial charge < -0.3 is 9.84 Å². The Morgan fingerprint density at radius 1 is 1.38 bits per heavy atom. The SMILES string of the molecule is CCCCC(C(=O)Oc1ccc(/C=C/C(=O)O)cc1F)[Si](Cl)(Cl)Cl. The minimum absolute atomic E-state index is 0.294. The summed E-state index contributed by atoms with van der Waals surface area (Å²) in [5.74, 6) is -3.03. The van der Waals surface area contributed by atoms with E-state index in [1.165, 1.54) is 18.2 Å². The van der Waals surface area contributed by atoms with Crippen LogP contribution in [0.4, 0.5) is 4.39 Å². The molecular weight excluding hydrogens is 398 g/mol. The van der Waals surface area contributed by atoms with Crippen LogP contribution in [0.25, 0.3) is 6.08 Å². The smallest absolute Gasteiger partial charge is 0.355 e. The Labute approximate surface area is 154 Å². The van der Waals surface area contributed by atoms with Crippen molar-refractivity contribution < 1.29 is 23.8 Å². The fourth-order valence-corrected chi connectivity index (χ4v) is 4.52. The molecular formula is C15H16Cl3FO4Si. The van der Waals surface area contributed by atoms with E-state index in [0.29, 0.717) is 18.4 Å². The van der Waals surface area contributed by atoms with Crippen LogP contribution in [-0.2, 0) is 9.59 Å². The number of carbonyl (C=O) groups is 2. The average Bonchev–Trinajstić information content (AvgIpc) is 2.46. The van der Waals surface area contributed by atoms with Crippen molar-refractivity contribution in [1.29, 1.82) is 0 Å². The number of hydrogen-bond acceptors (Lipinski definition) is 3. The van der Waals surface area contributed by atoms with Crippen molar-refractivity contribution in [3.05, 3.63) is 35.7 Å². The number of unbranched alkanes of at least 4 members (excludes halogenated alkanes) is 1. The van der Waals surface area contributed by atoms with E-state index in [0.717, 1.165) is 18.6 Å². The van der Waals surface area contributed by atoms with Crippen LogP contribution >= 0.6 is 33.2 Å². The van der Waals surface area contributed by atoms with Crippen LogP contribution in [0.2, 0.25) is 5.54 Å². The summed E-state index contributed by atoms with van der Waals surface area (Å²) in [6.45, 7) is 1.94. The van der Waals surface area contributed by atoms with Gasteiger partial charge in [-0.05, 0) is 30.2 Å². The van der Waals surface area contributed by atoms with Gasteiger partial charge in [-0.1, -0.05) is 25.8 Å². The molecule has 0 aliphatic heterocycles. The molecule has 1 unspecified atom stereocenters. The van der Waals surface area contributed by atoms with E-state index in [-0.39, 0.29) is 5.75 Å². The summed E-state index contributed by atoms with van der Waals surface area (Å²) in [4.78, 5) is 22.7. The molecule has 1 N–H and O–H groups in total. The van der Waals surface area contributed by atoms with Crippen LogP contribution in [0.15, 0.2) is 24.3 Å². The molecule has 24 heavy (non-hydrogen) atoms. The predicted octanol–water partition coefficient (Wildman–Crippen LogP) is 5.04. The predicted molar refractivity (Wildman–Crippen MR) is 95.3 cm³/mol. The number of hydrogen-bond donors (Lipinski definition) is 1. The van der Waals surface area contributed by atoms with E-state index in [1.807, 2.05) is 6.92 Å². The number of benzene rings is 1. The molecule has 1 aromatic carbocycles. The van der Waals surface area contributed by atoms with Crippen molar-refractivity contribution in [2.75, 3.05) is 0 Å². The molecule has 0 aromatic heterocycles. The van der Waals surface area contributed by atoms with Crippen LogP contribution in [0, 0.1) is 5.82 Å². The molecule has 0 aliphatic rings. The van der Waals surface area contributed by atoms with E-state index in [1.54, 1.807) is 0 Å². The van der Waals surface area contributed by atoms with Gasteiger partial charge in [0.1, 0.15) is 0 Å². The first-order valence-electron chi connectivity index (χ1n) is 7.14. The van der Waals surface area contributed by atoms with Gasteiger partial charge in [0.05, 0.1) is 5.54 Å². The lowest BCUT2D eigenvalue weighted by molar-refractivity contribution is -0.134. The number of carboxylic acids is 1. The Balaban J connectivity index is 2.90. The van der Waals surface area contributed by atoms with Crippen molar-refractivity contribution in [3.63, 3.8) is 0 Å². The van der Waals surface area contributed by atoms with E-state index >= 15 is 0 Å². The summed E-state index contributed by atoms with van der Waals surface area (Å²) < 4.78 is 19.0. The number of rotatable bonds is 8. The second-order valence-corrected chi connectivity index (χ2v) is 13.9. The molecule has 4 nitrogen and oxygen atoms in total. The standard InChI is InChI=1S/C15H16Cl3FO4Si/c1-2-3-4-13(24(16,17)18)15(22)23-12-7-5-10(9-11(12)19)6-8-14(20)21/h5-9,13H,2-4H2,1H3,(H,20,21)/b8-6+. The maximum atomic E-state index is 14.0. The molecule has 1 rings (SSSR count). The molecule has 0 amide bonds. The molecule has 0 saturated heterocycles. The zero-order valence-corrected chi connectivity index (χ0v) is 16.0. The van der Waals surface area contributed by atoms with Gasteiger partial charge in [0.15, 0.2) is 11.6 Å². The molecule has 0 spiro atoms. The van der Waals surface area contributed by atoms with Crippen molar-refractivity contribution in [2.24, 2.45) is 0 Å². The number of ether oxygens (including phenoxy) is 1. The van der Waals surface area contributed by atoms with Crippen LogP contribution in [0.5, 0.6) is 5.75 Å². The maximum absolute atomic E-state index is 14.0. The third kappa shape index (κ3) is 6.81. The highest BCUT2D eigenvalue weighted by Crippen LogP contribution is 2.39. The second kappa shape index (κ2) is 9.41. The molecule has 0 aliphatic carbocycles. The fourth-order valence-electron chi connectivity index (χ4n) is 1.87. The second-order valence-electron chi connectivity index (χ2n) is 5.02. The van der Waals surface area contributed by atoms with Crippen LogP contribution < -0.4 is 4.74 Å². The first-order chi connectivity index (χ1) is 11.1. The Morgan fingerprint density at radius 3 is 2.54 bits per heavy atom. The van der Waals surface area contributed by atoms with Crippen LogP contribution in [-0.4, -0.2) is 23.0 Å². The lowest BCUT2D eigenvalue weighted by atomic mass is 10.2. The van der Waals surface area contributed by atoms with Gasteiger partial charge in [0.2, 0.25) is 0 Å². The third-order valence-corrected chi connectivity index (χ3v) is 6.80. The average molecular weight is 414 g/mol. The summed E-state index contributed by atoms with van der Waals surface area (Å²) in [6, 6.07) is 0.344. The maximum Gasteiger partial charge on any atom is 0.355 e.